The first-order valence-corrected chi connectivity index (χ1v) is 6.40. The number of aryl methyl sites for hydroxylation is 1. The number of H-pyrrole nitrogens is 1. The molecule has 0 fully saturated rings. The van der Waals surface area contributed by atoms with E-state index in [1.165, 1.54) is 6.07 Å². The van der Waals surface area contributed by atoms with Crippen molar-refractivity contribution >= 4 is 11.8 Å². The number of hydrogen-bond acceptors (Lipinski definition) is 4. The smallest absolute Gasteiger partial charge is 0.303 e. The molecule has 0 saturated heterocycles. The second-order valence-electron chi connectivity index (χ2n) is 5.19. The Morgan fingerprint density at radius 1 is 1.53 bits per heavy atom. The van der Waals surface area contributed by atoms with Crippen LogP contribution in [0.5, 0.6) is 0 Å². The van der Waals surface area contributed by atoms with Gasteiger partial charge in [0.05, 0.1) is 0 Å². The molecule has 0 aromatic carbocycles. The molecule has 0 aliphatic rings. The highest BCUT2D eigenvalue weighted by atomic mass is 16.4. The molecule has 0 spiro atoms. The van der Waals surface area contributed by atoms with Crippen LogP contribution in [0.4, 0.5) is 5.82 Å². The molecule has 1 atom stereocenters. The minimum absolute atomic E-state index is 0.0268. The van der Waals surface area contributed by atoms with E-state index in [0.717, 1.165) is 6.42 Å². The molecule has 19 heavy (non-hydrogen) atoms. The largest absolute Gasteiger partial charge is 0.481 e. The lowest BCUT2D eigenvalue weighted by Crippen LogP contribution is -2.21. The van der Waals surface area contributed by atoms with E-state index in [0.29, 0.717) is 24.1 Å². The Labute approximate surface area is 112 Å². The van der Waals surface area contributed by atoms with Gasteiger partial charge in [-0.25, -0.2) is 4.98 Å². The standard InChI is InChI=1S/C13H21N3O3/c1-8(2)4-10(5-13(18)19)7-14-11-6-12(17)16-9(3)15-11/h6,8,10H,4-5,7H2,1-3H3,(H,18,19)(H2,14,15,16,17). The molecule has 0 aliphatic heterocycles. The highest BCUT2D eigenvalue weighted by molar-refractivity contribution is 5.67. The number of rotatable bonds is 7. The van der Waals surface area contributed by atoms with E-state index in [-0.39, 0.29) is 17.9 Å². The van der Waals surface area contributed by atoms with Gasteiger partial charge in [-0.1, -0.05) is 13.8 Å². The molecule has 1 heterocycles. The predicted molar refractivity (Wildman–Crippen MR) is 73.3 cm³/mol. The summed E-state index contributed by atoms with van der Waals surface area (Å²) >= 11 is 0. The summed E-state index contributed by atoms with van der Waals surface area (Å²) in [6.07, 6.45) is 0.939. The van der Waals surface area contributed by atoms with Gasteiger partial charge in [-0.2, -0.15) is 0 Å². The minimum atomic E-state index is -0.803. The van der Waals surface area contributed by atoms with Crippen molar-refractivity contribution in [2.45, 2.75) is 33.6 Å². The normalized spacial score (nSPS) is 12.4. The van der Waals surface area contributed by atoms with Crippen LogP contribution < -0.4 is 10.9 Å². The number of aliphatic carboxylic acids is 1. The molecule has 1 rings (SSSR count). The Hall–Kier alpha value is -1.85. The highest BCUT2D eigenvalue weighted by Crippen LogP contribution is 2.16. The van der Waals surface area contributed by atoms with Crippen LogP contribution in [0, 0.1) is 18.8 Å². The Kier molecular flexibility index (Phi) is 5.54. The highest BCUT2D eigenvalue weighted by Gasteiger charge is 2.15. The number of carboxylic acid groups (broad SMARTS) is 1. The van der Waals surface area contributed by atoms with E-state index in [1.807, 2.05) is 0 Å². The van der Waals surface area contributed by atoms with Crippen LogP contribution in [0.2, 0.25) is 0 Å². The lowest BCUT2D eigenvalue weighted by Gasteiger charge is -2.18. The van der Waals surface area contributed by atoms with Gasteiger partial charge in [-0.15, -0.1) is 0 Å². The maximum atomic E-state index is 11.3. The number of carboxylic acids is 1. The third kappa shape index (κ3) is 6.03. The third-order valence-corrected chi connectivity index (χ3v) is 2.70. The fraction of sp³-hybridized carbons (Fsp3) is 0.615. The van der Waals surface area contributed by atoms with Crippen molar-refractivity contribution in [3.05, 3.63) is 22.2 Å². The third-order valence-electron chi connectivity index (χ3n) is 2.70. The molecule has 0 bridgehead atoms. The van der Waals surface area contributed by atoms with Crippen molar-refractivity contribution in [3.8, 4) is 0 Å². The zero-order chi connectivity index (χ0) is 14.4. The Bertz CT molecular complexity index is 482. The van der Waals surface area contributed by atoms with Crippen LogP contribution in [0.25, 0.3) is 0 Å². The van der Waals surface area contributed by atoms with Crippen LogP contribution in [0.3, 0.4) is 0 Å². The fourth-order valence-corrected chi connectivity index (χ4v) is 2.07. The molecule has 0 amide bonds. The summed E-state index contributed by atoms with van der Waals surface area (Å²) in [6.45, 7) is 6.32. The van der Waals surface area contributed by atoms with Crippen molar-refractivity contribution in [2.75, 3.05) is 11.9 Å². The molecule has 0 radical (unpaired) electrons. The maximum Gasteiger partial charge on any atom is 0.303 e. The van der Waals surface area contributed by atoms with Gasteiger partial charge in [0.1, 0.15) is 11.6 Å². The molecule has 1 aromatic rings. The number of aromatic nitrogens is 2. The first-order valence-electron chi connectivity index (χ1n) is 6.40. The predicted octanol–water partition coefficient (Wildman–Crippen LogP) is 1.63. The topological polar surface area (TPSA) is 95.1 Å². The number of aromatic amines is 1. The van der Waals surface area contributed by atoms with Crippen LogP contribution in [0.1, 0.15) is 32.5 Å². The van der Waals surface area contributed by atoms with Gasteiger partial charge in [-0.3, -0.25) is 9.59 Å². The van der Waals surface area contributed by atoms with Crippen molar-refractivity contribution < 1.29 is 9.90 Å². The van der Waals surface area contributed by atoms with Crippen LogP contribution in [0.15, 0.2) is 10.9 Å². The van der Waals surface area contributed by atoms with E-state index in [4.69, 9.17) is 5.11 Å². The van der Waals surface area contributed by atoms with Crippen molar-refractivity contribution in [3.63, 3.8) is 0 Å². The Morgan fingerprint density at radius 2 is 2.21 bits per heavy atom. The molecular formula is C13H21N3O3. The first kappa shape index (κ1) is 15.2. The molecule has 3 N–H and O–H groups in total. The molecule has 6 heteroatoms. The van der Waals surface area contributed by atoms with Crippen molar-refractivity contribution in [2.24, 2.45) is 11.8 Å². The number of carbonyl (C=O) groups is 1. The van der Waals surface area contributed by atoms with Crippen molar-refractivity contribution in [1.82, 2.24) is 9.97 Å². The van der Waals surface area contributed by atoms with Crippen LogP contribution >= 0.6 is 0 Å². The molecule has 0 saturated carbocycles. The monoisotopic (exact) mass is 267 g/mol. The van der Waals surface area contributed by atoms with Crippen LogP contribution in [-0.2, 0) is 4.79 Å². The average Bonchev–Trinajstić information content (AvgIpc) is 2.23. The van der Waals surface area contributed by atoms with E-state index >= 15 is 0 Å². The lowest BCUT2D eigenvalue weighted by molar-refractivity contribution is -0.138. The summed E-state index contributed by atoms with van der Waals surface area (Å²) in [6, 6.07) is 1.38. The zero-order valence-electron chi connectivity index (χ0n) is 11.6. The molecular weight excluding hydrogens is 246 g/mol. The summed E-state index contributed by atoms with van der Waals surface area (Å²) in [5.41, 5.74) is -0.214. The van der Waals surface area contributed by atoms with Crippen molar-refractivity contribution in [1.29, 1.82) is 0 Å². The van der Waals surface area contributed by atoms with E-state index in [9.17, 15) is 9.59 Å². The summed E-state index contributed by atoms with van der Waals surface area (Å²) in [4.78, 5) is 28.8. The maximum absolute atomic E-state index is 11.3. The van der Waals surface area contributed by atoms with Gasteiger partial charge in [0.25, 0.3) is 5.56 Å². The summed E-state index contributed by atoms with van der Waals surface area (Å²) < 4.78 is 0. The van der Waals surface area contributed by atoms with Gasteiger partial charge >= 0.3 is 5.97 Å². The quantitative estimate of drug-likeness (QED) is 0.698. The fourth-order valence-electron chi connectivity index (χ4n) is 2.07. The SMILES string of the molecule is Cc1nc(NCC(CC(=O)O)CC(C)C)cc(=O)[nH]1. The molecule has 1 unspecified atom stereocenters. The van der Waals surface area contributed by atoms with E-state index in [2.05, 4.69) is 29.1 Å². The molecule has 6 nitrogen and oxygen atoms in total. The lowest BCUT2D eigenvalue weighted by atomic mass is 9.94. The number of anilines is 1. The zero-order valence-corrected chi connectivity index (χ0v) is 11.6. The van der Waals surface area contributed by atoms with Gasteiger partial charge in [0, 0.05) is 19.0 Å². The van der Waals surface area contributed by atoms with Gasteiger partial charge in [0.2, 0.25) is 0 Å². The average molecular weight is 267 g/mol. The molecule has 1 aromatic heterocycles. The van der Waals surface area contributed by atoms with E-state index in [1.54, 1.807) is 6.92 Å². The Morgan fingerprint density at radius 3 is 2.74 bits per heavy atom. The number of hydrogen-bond donors (Lipinski definition) is 3. The summed E-state index contributed by atoms with van der Waals surface area (Å²) in [5, 5.41) is 11.9. The van der Waals surface area contributed by atoms with Gasteiger partial charge in [0.15, 0.2) is 0 Å². The molecule has 0 aliphatic carbocycles. The molecule has 106 valence electrons. The second kappa shape index (κ2) is 6.92. The summed E-state index contributed by atoms with van der Waals surface area (Å²) in [5.74, 6) is 0.676. The second-order valence-corrected chi connectivity index (χ2v) is 5.19. The van der Waals surface area contributed by atoms with Gasteiger partial charge in [-0.05, 0) is 25.2 Å². The minimum Gasteiger partial charge on any atom is -0.481 e. The van der Waals surface area contributed by atoms with E-state index < -0.39 is 5.97 Å². The number of nitrogens with one attached hydrogen (secondary N) is 2. The van der Waals surface area contributed by atoms with Crippen LogP contribution in [-0.4, -0.2) is 27.6 Å². The Balaban J connectivity index is 2.64. The summed E-state index contributed by atoms with van der Waals surface area (Å²) in [7, 11) is 0. The first-order chi connectivity index (χ1) is 8.86. The van der Waals surface area contributed by atoms with Gasteiger partial charge < -0.3 is 15.4 Å². The number of nitrogens with zero attached hydrogens (tertiary/aromatic N) is 1.